The standard InChI is InChI=1S/C17H22N2OS/c1-12-9-10-15(17(20-3)13(12)2)16(19-18)11-21-14-7-5-4-6-8-14/h4-10,16,19H,11,18H2,1-3H3. The molecule has 4 heteroatoms. The van der Waals surface area contributed by atoms with E-state index in [-0.39, 0.29) is 6.04 Å². The number of hydrogen-bond acceptors (Lipinski definition) is 4. The van der Waals surface area contributed by atoms with E-state index in [1.807, 2.05) is 18.2 Å². The lowest BCUT2D eigenvalue weighted by Crippen LogP contribution is -2.30. The van der Waals surface area contributed by atoms with Crippen molar-refractivity contribution in [2.75, 3.05) is 12.9 Å². The highest BCUT2D eigenvalue weighted by Crippen LogP contribution is 2.33. The van der Waals surface area contributed by atoms with Gasteiger partial charge in [-0.1, -0.05) is 30.3 Å². The van der Waals surface area contributed by atoms with Crippen molar-refractivity contribution < 1.29 is 4.74 Å². The Bertz CT molecular complexity index is 587. The maximum atomic E-state index is 5.76. The average Bonchev–Trinajstić information content (AvgIpc) is 2.52. The van der Waals surface area contributed by atoms with Gasteiger partial charge in [-0.3, -0.25) is 11.3 Å². The molecule has 2 rings (SSSR count). The minimum Gasteiger partial charge on any atom is -0.496 e. The van der Waals surface area contributed by atoms with Crippen molar-refractivity contribution in [2.24, 2.45) is 5.84 Å². The fourth-order valence-electron chi connectivity index (χ4n) is 2.28. The van der Waals surface area contributed by atoms with E-state index < -0.39 is 0 Å². The molecule has 0 saturated carbocycles. The Hall–Kier alpha value is -1.49. The first-order valence-corrected chi connectivity index (χ1v) is 7.94. The zero-order valence-electron chi connectivity index (χ0n) is 12.7. The quantitative estimate of drug-likeness (QED) is 0.486. The molecule has 0 radical (unpaired) electrons. The lowest BCUT2D eigenvalue weighted by molar-refractivity contribution is 0.399. The van der Waals surface area contributed by atoms with E-state index in [0.717, 1.165) is 17.1 Å². The Labute approximate surface area is 130 Å². The molecule has 0 amide bonds. The van der Waals surface area contributed by atoms with Crippen LogP contribution in [0.25, 0.3) is 0 Å². The third-order valence-electron chi connectivity index (χ3n) is 3.65. The van der Waals surface area contributed by atoms with Gasteiger partial charge in [0.05, 0.1) is 13.2 Å². The normalized spacial score (nSPS) is 12.2. The summed E-state index contributed by atoms with van der Waals surface area (Å²) < 4.78 is 5.59. The van der Waals surface area contributed by atoms with Gasteiger partial charge < -0.3 is 4.74 Å². The molecule has 0 aliphatic carbocycles. The van der Waals surface area contributed by atoms with Crippen LogP contribution in [-0.2, 0) is 0 Å². The van der Waals surface area contributed by atoms with Gasteiger partial charge in [-0.05, 0) is 37.1 Å². The minimum atomic E-state index is 0.0458. The lowest BCUT2D eigenvalue weighted by Gasteiger charge is -2.21. The Morgan fingerprint density at radius 3 is 2.48 bits per heavy atom. The summed E-state index contributed by atoms with van der Waals surface area (Å²) in [6.45, 7) is 4.17. The molecule has 2 aromatic carbocycles. The summed E-state index contributed by atoms with van der Waals surface area (Å²) in [4.78, 5) is 1.24. The van der Waals surface area contributed by atoms with E-state index in [1.165, 1.54) is 16.0 Å². The number of thioether (sulfide) groups is 1. The summed E-state index contributed by atoms with van der Waals surface area (Å²) in [6, 6.07) is 14.6. The maximum Gasteiger partial charge on any atom is 0.126 e. The van der Waals surface area contributed by atoms with Gasteiger partial charge in [-0.2, -0.15) is 0 Å². The number of methoxy groups -OCH3 is 1. The first-order valence-electron chi connectivity index (χ1n) is 6.95. The van der Waals surface area contributed by atoms with Crippen LogP contribution >= 0.6 is 11.8 Å². The van der Waals surface area contributed by atoms with Crippen molar-refractivity contribution in [3.8, 4) is 5.75 Å². The van der Waals surface area contributed by atoms with Crippen LogP contribution in [0.5, 0.6) is 5.75 Å². The predicted octanol–water partition coefficient (Wildman–Crippen LogP) is 3.61. The lowest BCUT2D eigenvalue weighted by atomic mass is 10.0. The molecule has 1 unspecified atom stereocenters. The largest absolute Gasteiger partial charge is 0.496 e. The molecule has 0 heterocycles. The van der Waals surface area contributed by atoms with Crippen LogP contribution in [-0.4, -0.2) is 12.9 Å². The summed E-state index contributed by atoms with van der Waals surface area (Å²) in [5, 5.41) is 0. The third-order valence-corrected chi connectivity index (χ3v) is 4.75. The SMILES string of the molecule is COc1c(C(CSc2ccccc2)NN)ccc(C)c1C. The highest BCUT2D eigenvalue weighted by atomic mass is 32.2. The van der Waals surface area contributed by atoms with E-state index in [2.05, 4.69) is 43.5 Å². The number of benzene rings is 2. The van der Waals surface area contributed by atoms with Crippen LogP contribution < -0.4 is 16.0 Å². The molecule has 0 bridgehead atoms. The van der Waals surface area contributed by atoms with Crippen molar-refractivity contribution in [1.82, 2.24) is 5.43 Å². The average molecular weight is 302 g/mol. The second-order valence-electron chi connectivity index (χ2n) is 4.97. The Morgan fingerprint density at radius 1 is 1.14 bits per heavy atom. The third kappa shape index (κ3) is 3.79. The van der Waals surface area contributed by atoms with Crippen molar-refractivity contribution in [3.05, 3.63) is 59.2 Å². The zero-order chi connectivity index (χ0) is 15.2. The van der Waals surface area contributed by atoms with E-state index in [1.54, 1.807) is 18.9 Å². The van der Waals surface area contributed by atoms with E-state index in [9.17, 15) is 0 Å². The number of aryl methyl sites for hydroxylation is 1. The molecule has 3 nitrogen and oxygen atoms in total. The van der Waals surface area contributed by atoms with Gasteiger partial charge in [0.2, 0.25) is 0 Å². The van der Waals surface area contributed by atoms with E-state index >= 15 is 0 Å². The van der Waals surface area contributed by atoms with Gasteiger partial charge in [0.15, 0.2) is 0 Å². The minimum absolute atomic E-state index is 0.0458. The van der Waals surface area contributed by atoms with E-state index in [4.69, 9.17) is 10.6 Å². The van der Waals surface area contributed by atoms with Crippen LogP contribution in [0.3, 0.4) is 0 Å². The highest BCUT2D eigenvalue weighted by molar-refractivity contribution is 7.99. The number of rotatable bonds is 6. The smallest absolute Gasteiger partial charge is 0.126 e. The number of ether oxygens (including phenoxy) is 1. The monoisotopic (exact) mass is 302 g/mol. The first kappa shape index (κ1) is 15.9. The Balaban J connectivity index is 2.19. The summed E-state index contributed by atoms with van der Waals surface area (Å²) in [5.74, 6) is 7.53. The van der Waals surface area contributed by atoms with Crippen LogP contribution in [0.2, 0.25) is 0 Å². The molecule has 1 atom stereocenters. The number of hydrazine groups is 1. The second kappa shape index (κ2) is 7.50. The molecule has 0 fully saturated rings. The van der Waals surface area contributed by atoms with Crippen molar-refractivity contribution >= 4 is 11.8 Å². The van der Waals surface area contributed by atoms with Gasteiger partial charge in [0, 0.05) is 16.2 Å². The molecular formula is C17H22N2OS. The zero-order valence-corrected chi connectivity index (χ0v) is 13.5. The predicted molar refractivity (Wildman–Crippen MR) is 89.7 cm³/mol. The van der Waals surface area contributed by atoms with Crippen LogP contribution in [0.4, 0.5) is 0 Å². The van der Waals surface area contributed by atoms with Gasteiger partial charge >= 0.3 is 0 Å². The van der Waals surface area contributed by atoms with Gasteiger partial charge in [-0.25, -0.2) is 0 Å². The molecule has 2 aromatic rings. The topological polar surface area (TPSA) is 47.3 Å². The molecule has 112 valence electrons. The van der Waals surface area contributed by atoms with Crippen LogP contribution in [0.15, 0.2) is 47.4 Å². The summed E-state index contributed by atoms with van der Waals surface area (Å²) in [7, 11) is 1.71. The molecule has 0 spiro atoms. The molecule has 0 aromatic heterocycles. The highest BCUT2D eigenvalue weighted by Gasteiger charge is 2.17. The fraction of sp³-hybridized carbons (Fsp3) is 0.294. The van der Waals surface area contributed by atoms with Gasteiger partial charge in [0.25, 0.3) is 0 Å². The molecule has 0 aliphatic rings. The number of hydrogen-bond donors (Lipinski definition) is 2. The summed E-state index contributed by atoms with van der Waals surface area (Å²) >= 11 is 1.78. The summed E-state index contributed by atoms with van der Waals surface area (Å²) in [5.41, 5.74) is 6.40. The fourth-order valence-corrected chi connectivity index (χ4v) is 3.26. The molecular weight excluding hydrogens is 280 g/mol. The van der Waals surface area contributed by atoms with Gasteiger partial charge in [0.1, 0.15) is 5.75 Å². The number of nitrogens with two attached hydrogens (primary N) is 1. The molecule has 3 N–H and O–H groups in total. The Morgan fingerprint density at radius 2 is 1.86 bits per heavy atom. The summed E-state index contributed by atoms with van der Waals surface area (Å²) in [6.07, 6.45) is 0. The molecule has 0 saturated heterocycles. The molecule has 21 heavy (non-hydrogen) atoms. The number of nitrogens with one attached hydrogen (secondary N) is 1. The van der Waals surface area contributed by atoms with E-state index in [0.29, 0.717) is 0 Å². The van der Waals surface area contributed by atoms with Crippen LogP contribution in [0.1, 0.15) is 22.7 Å². The second-order valence-corrected chi connectivity index (χ2v) is 6.07. The first-order chi connectivity index (χ1) is 10.2. The Kier molecular flexibility index (Phi) is 5.67. The maximum absolute atomic E-state index is 5.76. The molecule has 0 aliphatic heterocycles. The van der Waals surface area contributed by atoms with Crippen LogP contribution in [0, 0.1) is 13.8 Å². The van der Waals surface area contributed by atoms with Crippen molar-refractivity contribution in [1.29, 1.82) is 0 Å². The van der Waals surface area contributed by atoms with Crippen molar-refractivity contribution in [2.45, 2.75) is 24.8 Å². The van der Waals surface area contributed by atoms with Crippen molar-refractivity contribution in [3.63, 3.8) is 0 Å². The van der Waals surface area contributed by atoms with Gasteiger partial charge in [-0.15, -0.1) is 11.8 Å².